The molecule has 0 aromatic carbocycles. The van der Waals surface area contributed by atoms with Crippen LogP contribution in [0, 0.1) is 5.92 Å². The largest absolute Gasteiger partial charge is 0.480 e. The summed E-state index contributed by atoms with van der Waals surface area (Å²) < 4.78 is 0. The van der Waals surface area contributed by atoms with Gasteiger partial charge < -0.3 is 32.5 Å². The number of carbonyl (C=O) groups excluding carboxylic acids is 4. The van der Waals surface area contributed by atoms with Crippen LogP contribution in [-0.4, -0.2) is 76.6 Å². The third kappa shape index (κ3) is 10.7. The normalized spacial score (nSPS) is 15.6. The second-order valence-corrected chi connectivity index (χ2v) is 8.42. The molecule has 0 heterocycles. The lowest BCUT2D eigenvalue weighted by atomic mass is 9.97. The quantitative estimate of drug-likeness (QED) is 0.137. The molecule has 0 radical (unpaired) electrons. The SMILES string of the molecule is CCC(C)C(NC(=O)C(N)CS)C(=O)NC(CCSC)C(=O)NC(CC(N)=O)C(=O)O. The molecule has 0 aromatic heterocycles. The molecule has 0 aromatic rings. The molecule has 0 spiro atoms. The minimum Gasteiger partial charge on any atom is -0.480 e. The zero-order chi connectivity index (χ0) is 24.1. The summed E-state index contributed by atoms with van der Waals surface area (Å²) in [4.78, 5) is 60.1. The molecule has 178 valence electrons. The molecule has 13 heteroatoms. The van der Waals surface area contributed by atoms with Crippen LogP contribution in [0.5, 0.6) is 0 Å². The molecule has 0 fully saturated rings. The van der Waals surface area contributed by atoms with Crippen LogP contribution < -0.4 is 27.4 Å². The predicted octanol–water partition coefficient (Wildman–Crippen LogP) is -1.54. The van der Waals surface area contributed by atoms with Gasteiger partial charge in [0, 0.05) is 5.75 Å². The lowest BCUT2D eigenvalue weighted by Gasteiger charge is -2.27. The second kappa shape index (κ2) is 14.9. The first-order chi connectivity index (χ1) is 14.5. The summed E-state index contributed by atoms with van der Waals surface area (Å²) in [7, 11) is 0. The van der Waals surface area contributed by atoms with Gasteiger partial charge in [0.25, 0.3) is 0 Å². The average molecular weight is 480 g/mol. The van der Waals surface area contributed by atoms with E-state index in [9.17, 15) is 29.1 Å². The van der Waals surface area contributed by atoms with Crippen molar-refractivity contribution in [2.45, 2.75) is 57.3 Å². The number of aliphatic carboxylic acids is 1. The second-order valence-electron chi connectivity index (χ2n) is 7.07. The van der Waals surface area contributed by atoms with Crippen molar-refractivity contribution in [1.82, 2.24) is 16.0 Å². The van der Waals surface area contributed by atoms with Crippen LogP contribution in [0.1, 0.15) is 33.1 Å². The van der Waals surface area contributed by atoms with Gasteiger partial charge in [-0.1, -0.05) is 20.3 Å². The van der Waals surface area contributed by atoms with Crippen molar-refractivity contribution in [2.24, 2.45) is 17.4 Å². The minimum atomic E-state index is -1.52. The molecule has 0 saturated carbocycles. The summed E-state index contributed by atoms with van der Waals surface area (Å²) in [6.07, 6.45) is 2.00. The molecule has 0 saturated heterocycles. The Hall–Kier alpha value is -1.99. The molecular formula is C18H33N5O6S2. The van der Waals surface area contributed by atoms with E-state index < -0.39 is 60.2 Å². The van der Waals surface area contributed by atoms with Crippen LogP contribution in [0.2, 0.25) is 0 Å². The highest BCUT2D eigenvalue weighted by atomic mass is 32.2. The number of hydrogen-bond acceptors (Lipinski definition) is 8. The summed E-state index contributed by atoms with van der Waals surface area (Å²) in [6.45, 7) is 3.61. The molecular weight excluding hydrogens is 446 g/mol. The highest BCUT2D eigenvalue weighted by Crippen LogP contribution is 2.10. The monoisotopic (exact) mass is 479 g/mol. The van der Waals surface area contributed by atoms with E-state index in [1.165, 1.54) is 11.8 Å². The fourth-order valence-electron chi connectivity index (χ4n) is 2.48. The van der Waals surface area contributed by atoms with Gasteiger partial charge in [0.2, 0.25) is 23.6 Å². The summed E-state index contributed by atoms with van der Waals surface area (Å²) >= 11 is 5.40. The highest BCUT2D eigenvalue weighted by molar-refractivity contribution is 7.98. The molecule has 0 aliphatic carbocycles. The smallest absolute Gasteiger partial charge is 0.326 e. The van der Waals surface area contributed by atoms with E-state index in [1.54, 1.807) is 6.92 Å². The van der Waals surface area contributed by atoms with Crippen molar-refractivity contribution in [3.8, 4) is 0 Å². The molecule has 8 N–H and O–H groups in total. The molecule has 5 atom stereocenters. The maximum atomic E-state index is 12.9. The lowest BCUT2D eigenvalue weighted by molar-refractivity contribution is -0.143. The van der Waals surface area contributed by atoms with Crippen molar-refractivity contribution in [3.05, 3.63) is 0 Å². The number of nitrogens with two attached hydrogens (primary N) is 2. The standard InChI is InChI=1S/C18H33N5O6S2/c1-4-9(2)14(23-15(25)10(19)8-30)17(27)21-11(5-6-31-3)16(26)22-12(18(28)29)7-13(20)24/h9-12,14,30H,4-8,19H2,1-3H3,(H2,20,24)(H,21,27)(H,22,26)(H,23,25)(H,28,29). The molecule has 4 amide bonds. The van der Waals surface area contributed by atoms with Gasteiger partial charge in [-0.25, -0.2) is 4.79 Å². The van der Waals surface area contributed by atoms with Gasteiger partial charge in [0.15, 0.2) is 0 Å². The molecule has 31 heavy (non-hydrogen) atoms. The Balaban J connectivity index is 5.48. The first-order valence-corrected chi connectivity index (χ1v) is 11.8. The van der Waals surface area contributed by atoms with E-state index in [4.69, 9.17) is 11.5 Å². The minimum absolute atomic E-state index is 0.0931. The molecule has 11 nitrogen and oxygen atoms in total. The summed E-state index contributed by atoms with van der Waals surface area (Å²) in [5, 5.41) is 16.6. The van der Waals surface area contributed by atoms with Crippen molar-refractivity contribution >= 4 is 54.0 Å². The fourth-order valence-corrected chi connectivity index (χ4v) is 3.12. The van der Waals surface area contributed by atoms with E-state index in [1.807, 2.05) is 13.2 Å². The van der Waals surface area contributed by atoms with Crippen molar-refractivity contribution < 1.29 is 29.1 Å². The van der Waals surface area contributed by atoms with Crippen molar-refractivity contribution in [2.75, 3.05) is 17.8 Å². The Labute approximate surface area is 191 Å². The lowest BCUT2D eigenvalue weighted by Crippen LogP contribution is -2.59. The predicted molar refractivity (Wildman–Crippen MR) is 122 cm³/mol. The van der Waals surface area contributed by atoms with Crippen molar-refractivity contribution in [1.29, 1.82) is 0 Å². The zero-order valence-electron chi connectivity index (χ0n) is 17.9. The summed E-state index contributed by atoms with van der Waals surface area (Å²) in [5.41, 5.74) is 10.7. The number of amides is 4. The maximum absolute atomic E-state index is 12.9. The molecule has 0 aliphatic heterocycles. The van der Waals surface area contributed by atoms with E-state index in [0.29, 0.717) is 12.2 Å². The third-order valence-corrected chi connectivity index (χ3v) is 5.63. The van der Waals surface area contributed by atoms with Gasteiger partial charge >= 0.3 is 5.97 Å². The molecule has 5 unspecified atom stereocenters. The van der Waals surface area contributed by atoms with Crippen LogP contribution in [0.15, 0.2) is 0 Å². The number of carboxylic acid groups (broad SMARTS) is 1. The number of thiol groups is 1. The van der Waals surface area contributed by atoms with Crippen LogP contribution >= 0.6 is 24.4 Å². The highest BCUT2D eigenvalue weighted by Gasteiger charge is 2.32. The number of thioether (sulfide) groups is 1. The number of carboxylic acids is 1. The number of nitrogens with one attached hydrogen (secondary N) is 3. The molecule has 0 rings (SSSR count). The van der Waals surface area contributed by atoms with Crippen LogP contribution in [0.4, 0.5) is 0 Å². The van der Waals surface area contributed by atoms with Gasteiger partial charge in [-0.05, 0) is 24.3 Å². The first-order valence-electron chi connectivity index (χ1n) is 9.75. The molecule has 0 aliphatic rings. The van der Waals surface area contributed by atoms with Crippen molar-refractivity contribution in [3.63, 3.8) is 0 Å². The van der Waals surface area contributed by atoms with Crippen LogP contribution in [0.25, 0.3) is 0 Å². The van der Waals surface area contributed by atoms with E-state index >= 15 is 0 Å². The Morgan fingerprint density at radius 1 is 1.03 bits per heavy atom. The van der Waals surface area contributed by atoms with E-state index in [2.05, 4.69) is 28.6 Å². The van der Waals surface area contributed by atoms with Gasteiger partial charge in [-0.3, -0.25) is 19.2 Å². The Bertz CT molecular complexity index is 651. The summed E-state index contributed by atoms with van der Waals surface area (Å²) in [5.74, 6) is -3.90. The summed E-state index contributed by atoms with van der Waals surface area (Å²) in [6, 6.07) is -4.44. The Morgan fingerprint density at radius 2 is 1.61 bits per heavy atom. The zero-order valence-corrected chi connectivity index (χ0v) is 19.6. The Morgan fingerprint density at radius 3 is 2.06 bits per heavy atom. The van der Waals surface area contributed by atoms with Gasteiger partial charge in [-0.2, -0.15) is 24.4 Å². The number of carbonyl (C=O) groups is 5. The number of primary amides is 1. The van der Waals surface area contributed by atoms with E-state index in [0.717, 1.165) is 0 Å². The van der Waals surface area contributed by atoms with Crippen LogP contribution in [-0.2, 0) is 24.0 Å². The Kier molecular flexibility index (Phi) is 14.0. The third-order valence-electron chi connectivity index (χ3n) is 4.59. The molecule has 0 bridgehead atoms. The van der Waals surface area contributed by atoms with Gasteiger partial charge in [0.05, 0.1) is 12.5 Å². The number of rotatable bonds is 15. The van der Waals surface area contributed by atoms with Crippen LogP contribution in [0.3, 0.4) is 0 Å². The first kappa shape index (κ1) is 29.0. The average Bonchev–Trinajstić information content (AvgIpc) is 2.72. The van der Waals surface area contributed by atoms with Gasteiger partial charge in [-0.15, -0.1) is 0 Å². The fraction of sp³-hybridized carbons (Fsp3) is 0.722. The van der Waals surface area contributed by atoms with E-state index in [-0.39, 0.29) is 18.1 Å². The number of hydrogen-bond donors (Lipinski definition) is 7. The van der Waals surface area contributed by atoms with Gasteiger partial charge in [0.1, 0.15) is 18.1 Å². The topological polar surface area (TPSA) is 194 Å². The maximum Gasteiger partial charge on any atom is 0.326 e.